The molecule has 24 heavy (non-hydrogen) atoms. The smallest absolute Gasteiger partial charge is 0.260 e. The maximum atomic E-state index is 12.9. The van der Waals surface area contributed by atoms with Gasteiger partial charge in [-0.15, -0.1) is 0 Å². The van der Waals surface area contributed by atoms with E-state index in [0.717, 1.165) is 25.6 Å². The number of nitrogens with zero attached hydrogens (tertiary/aromatic N) is 2. The summed E-state index contributed by atoms with van der Waals surface area (Å²) in [7, 11) is 0. The first-order chi connectivity index (χ1) is 11.7. The van der Waals surface area contributed by atoms with E-state index in [4.69, 9.17) is 9.47 Å². The van der Waals surface area contributed by atoms with Gasteiger partial charge < -0.3 is 14.4 Å². The number of halogens is 1. The van der Waals surface area contributed by atoms with Crippen LogP contribution < -0.4 is 4.74 Å². The molecule has 130 valence electrons. The molecule has 2 aliphatic heterocycles. The first-order valence-electron chi connectivity index (χ1n) is 8.70. The lowest BCUT2D eigenvalue weighted by Gasteiger charge is -2.48. The number of carbonyl (C=O) groups excluding carboxylic acids is 1. The molecule has 3 fully saturated rings. The van der Waals surface area contributed by atoms with E-state index in [1.807, 2.05) is 4.90 Å². The van der Waals surface area contributed by atoms with Crippen molar-refractivity contribution in [2.45, 2.75) is 24.9 Å². The number of morpholine rings is 1. The van der Waals surface area contributed by atoms with Crippen molar-refractivity contribution in [3.63, 3.8) is 0 Å². The van der Waals surface area contributed by atoms with Gasteiger partial charge in [-0.05, 0) is 43.0 Å². The second-order valence-corrected chi connectivity index (χ2v) is 6.92. The Labute approximate surface area is 141 Å². The highest BCUT2D eigenvalue weighted by molar-refractivity contribution is 5.78. The second kappa shape index (κ2) is 6.69. The number of piperazine rings is 1. The monoisotopic (exact) mass is 334 g/mol. The fourth-order valence-electron chi connectivity index (χ4n) is 3.76. The van der Waals surface area contributed by atoms with Crippen LogP contribution in [0.4, 0.5) is 4.39 Å². The fraction of sp³-hybridized carbons (Fsp3) is 0.611. The van der Waals surface area contributed by atoms with E-state index in [9.17, 15) is 9.18 Å². The maximum Gasteiger partial charge on any atom is 0.260 e. The predicted octanol–water partition coefficient (Wildman–Crippen LogP) is 1.53. The molecule has 4 rings (SSSR count). The van der Waals surface area contributed by atoms with E-state index >= 15 is 0 Å². The molecule has 5 nitrogen and oxygen atoms in total. The summed E-state index contributed by atoms with van der Waals surface area (Å²) in [5, 5.41) is 0. The first-order valence-corrected chi connectivity index (χ1v) is 8.70. The lowest BCUT2D eigenvalue weighted by molar-refractivity contribution is -0.142. The molecular formula is C18H23FN2O3. The lowest BCUT2D eigenvalue weighted by Crippen LogP contribution is -2.63. The molecule has 1 amide bonds. The van der Waals surface area contributed by atoms with Crippen LogP contribution in [-0.2, 0) is 9.53 Å². The van der Waals surface area contributed by atoms with Crippen molar-refractivity contribution in [1.82, 2.24) is 9.80 Å². The van der Waals surface area contributed by atoms with E-state index in [1.54, 1.807) is 0 Å². The van der Waals surface area contributed by atoms with E-state index in [0.29, 0.717) is 31.0 Å². The zero-order chi connectivity index (χ0) is 16.5. The number of amides is 1. The molecular weight excluding hydrogens is 311 g/mol. The van der Waals surface area contributed by atoms with E-state index < -0.39 is 0 Å². The second-order valence-electron chi connectivity index (χ2n) is 6.92. The zero-order valence-electron chi connectivity index (χ0n) is 13.7. The molecule has 1 saturated carbocycles. The van der Waals surface area contributed by atoms with Gasteiger partial charge in [0.05, 0.1) is 19.3 Å². The average molecular weight is 334 g/mol. The van der Waals surface area contributed by atoms with Crippen LogP contribution in [0.3, 0.4) is 0 Å². The molecule has 0 radical (unpaired) electrons. The Balaban J connectivity index is 1.30. The Bertz CT molecular complexity index is 590. The van der Waals surface area contributed by atoms with Crippen LogP contribution in [0.15, 0.2) is 24.3 Å². The van der Waals surface area contributed by atoms with Crippen LogP contribution >= 0.6 is 0 Å². The molecule has 3 aliphatic rings. The number of ether oxygens (including phenoxy) is 2. The van der Waals surface area contributed by atoms with Gasteiger partial charge in [-0.25, -0.2) is 4.39 Å². The van der Waals surface area contributed by atoms with Gasteiger partial charge in [0.1, 0.15) is 11.6 Å². The number of carbonyl (C=O) groups is 1. The first kappa shape index (κ1) is 15.8. The van der Waals surface area contributed by atoms with Crippen LogP contribution in [0.1, 0.15) is 12.8 Å². The summed E-state index contributed by atoms with van der Waals surface area (Å²) in [6, 6.07) is 6.57. The van der Waals surface area contributed by atoms with Gasteiger partial charge in [0.15, 0.2) is 6.61 Å². The van der Waals surface area contributed by atoms with Crippen molar-refractivity contribution in [2.75, 3.05) is 39.5 Å². The van der Waals surface area contributed by atoms with Crippen LogP contribution in [0.5, 0.6) is 5.75 Å². The van der Waals surface area contributed by atoms with Crippen LogP contribution in [0, 0.1) is 11.7 Å². The van der Waals surface area contributed by atoms with Gasteiger partial charge >= 0.3 is 0 Å². The molecule has 0 unspecified atom stereocenters. The number of benzene rings is 1. The molecule has 0 spiro atoms. The molecule has 0 bridgehead atoms. The quantitative estimate of drug-likeness (QED) is 0.837. The van der Waals surface area contributed by atoms with Crippen LogP contribution in [-0.4, -0.2) is 67.2 Å². The summed E-state index contributed by atoms with van der Waals surface area (Å²) in [5.74, 6) is 0.967. The fourth-order valence-corrected chi connectivity index (χ4v) is 3.76. The molecule has 1 aliphatic carbocycles. The van der Waals surface area contributed by atoms with E-state index in [2.05, 4.69) is 4.90 Å². The zero-order valence-corrected chi connectivity index (χ0v) is 13.7. The molecule has 1 aromatic rings. The van der Waals surface area contributed by atoms with Crippen molar-refractivity contribution >= 4 is 5.91 Å². The van der Waals surface area contributed by atoms with Gasteiger partial charge in [-0.2, -0.15) is 0 Å². The Kier molecular flexibility index (Phi) is 4.41. The molecule has 1 aromatic carbocycles. The summed E-state index contributed by atoms with van der Waals surface area (Å²) in [5.41, 5.74) is 0. The summed E-state index contributed by atoms with van der Waals surface area (Å²) in [6.45, 7) is 3.89. The van der Waals surface area contributed by atoms with Crippen molar-refractivity contribution in [1.29, 1.82) is 0 Å². The van der Waals surface area contributed by atoms with Gasteiger partial charge in [0.2, 0.25) is 0 Å². The highest BCUT2D eigenvalue weighted by Crippen LogP contribution is 2.38. The molecule has 6 heteroatoms. The van der Waals surface area contributed by atoms with E-state index in [-0.39, 0.29) is 18.3 Å². The summed E-state index contributed by atoms with van der Waals surface area (Å²) >= 11 is 0. The minimum Gasteiger partial charge on any atom is -0.484 e. The third kappa shape index (κ3) is 3.39. The molecule has 0 aromatic heterocycles. The normalized spacial score (nSPS) is 27.6. The largest absolute Gasteiger partial charge is 0.484 e. The molecule has 0 N–H and O–H groups in total. The average Bonchev–Trinajstić information content (AvgIpc) is 3.45. The van der Waals surface area contributed by atoms with Gasteiger partial charge in [0, 0.05) is 25.7 Å². The molecule has 2 atom stereocenters. The van der Waals surface area contributed by atoms with Crippen molar-refractivity contribution in [3.8, 4) is 5.75 Å². The lowest BCUT2D eigenvalue weighted by atomic mass is 10.0. The Morgan fingerprint density at radius 2 is 2.00 bits per heavy atom. The van der Waals surface area contributed by atoms with Gasteiger partial charge in [0.25, 0.3) is 5.91 Å². The third-order valence-corrected chi connectivity index (χ3v) is 5.25. The number of fused-ring (bicyclic) bond motifs is 1. The van der Waals surface area contributed by atoms with Crippen LogP contribution in [0.2, 0.25) is 0 Å². The van der Waals surface area contributed by atoms with Crippen molar-refractivity contribution in [3.05, 3.63) is 30.1 Å². The standard InChI is InChI=1S/C18H23FN2O3/c19-14-3-5-16(6-4-14)24-12-18(22)20-7-8-21-15(9-20)10-23-11-17(21)13-1-2-13/h3-6,13,15,17H,1-2,7-12H2/t15-,17-/m1/s1. The minimum absolute atomic E-state index is 0.00867. The number of hydrogen-bond donors (Lipinski definition) is 0. The van der Waals surface area contributed by atoms with E-state index in [1.165, 1.54) is 37.1 Å². The predicted molar refractivity (Wildman–Crippen MR) is 86.3 cm³/mol. The topological polar surface area (TPSA) is 42.0 Å². The Morgan fingerprint density at radius 1 is 1.21 bits per heavy atom. The third-order valence-electron chi connectivity index (χ3n) is 5.25. The van der Waals surface area contributed by atoms with Gasteiger partial charge in [-0.1, -0.05) is 0 Å². The Hall–Kier alpha value is -1.66. The SMILES string of the molecule is O=C(COc1ccc(F)cc1)N1CCN2[C@@H](COC[C@@H]2C2CC2)C1. The van der Waals surface area contributed by atoms with Gasteiger partial charge in [-0.3, -0.25) is 9.69 Å². The minimum atomic E-state index is -0.313. The highest BCUT2D eigenvalue weighted by atomic mass is 19.1. The number of hydrogen-bond acceptors (Lipinski definition) is 4. The molecule has 2 saturated heterocycles. The van der Waals surface area contributed by atoms with Crippen molar-refractivity contribution < 1.29 is 18.7 Å². The summed E-state index contributed by atoms with van der Waals surface area (Å²) < 4.78 is 24.1. The Morgan fingerprint density at radius 3 is 2.75 bits per heavy atom. The summed E-state index contributed by atoms with van der Waals surface area (Å²) in [6.07, 6.45) is 2.62. The highest BCUT2D eigenvalue weighted by Gasteiger charge is 2.43. The summed E-state index contributed by atoms with van der Waals surface area (Å²) in [4.78, 5) is 16.8. The van der Waals surface area contributed by atoms with Crippen LogP contribution in [0.25, 0.3) is 0 Å². The van der Waals surface area contributed by atoms with Crippen molar-refractivity contribution in [2.24, 2.45) is 5.92 Å². The maximum absolute atomic E-state index is 12.9. The molecule has 2 heterocycles. The number of rotatable bonds is 4.